The van der Waals surface area contributed by atoms with Gasteiger partial charge in [-0.05, 0) is 5.56 Å². The van der Waals surface area contributed by atoms with Crippen molar-refractivity contribution < 1.29 is 4.79 Å². The van der Waals surface area contributed by atoms with Gasteiger partial charge in [0.05, 0.1) is 6.04 Å². The predicted octanol–water partition coefficient (Wildman–Crippen LogP) is 1.18. The predicted molar refractivity (Wildman–Crippen MR) is 56.6 cm³/mol. The fourth-order valence-corrected chi connectivity index (χ4v) is 1.18. The van der Waals surface area contributed by atoms with E-state index >= 15 is 0 Å². The van der Waals surface area contributed by atoms with Crippen LogP contribution in [0.4, 0.5) is 0 Å². The fourth-order valence-electron chi connectivity index (χ4n) is 0.980. The zero-order chi connectivity index (χ0) is 9.52. The second-order valence-corrected chi connectivity index (χ2v) is 3.08. The second-order valence-electron chi connectivity index (χ2n) is 2.72. The number of rotatable bonds is 5. The van der Waals surface area contributed by atoms with E-state index in [1.54, 1.807) is 0 Å². The average molecular weight is 194 g/mol. The van der Waals surface area contributed by atoms with Gasteiger partial charge in [0.25, 0.3) is 0 Å². The highest BCUT2D eigenvalue weighted by Crippen LogP contribution is 1.97. The first-order valence-electron chi connectivity index (χ1n) is 4.12. The van der Waals surface area contributed by atoms with Crippen molar-refractivity contribution in [2.24, 2.45) is 0 Å². The van der Waals surface area contributed by atoms with E-state index in [-0.39, 0.29) is 6.04 Å². The van der Waals surface area contributed by atoms with Crippen LogP contribution >= 0.6 is 12.6 Å². The van der Waals surface area contributed by atoms with Gasteiger partial charge in [-0.2, -0.15) is 12.6 Å². The molecule has 1 rings (SSSR count). The van der Waals surface area contributed by atoms with Gasteiger partial charge in [-0.1, -0.05) is 30.3 Å². The molecule has 1 N–H and O–H groups in total. The number of nitrogens with one attached hydrogen (secondary N) is 1. The lowest BCUT2D eigenvalue weighted by atomic mass is 10.2. The van der Waals surface area contributed by atoms with Crippen molar-refractivity contribution in [2.75, 3.05) is 5.75 Å². The maximum absolute atomic E-state index is 10.3. The molecule has 0 spiro atoms. The number of hydrogen-bond donors (Lipinski definition) is 2. The van der Waals surface area contributed by atoms with Gasteiger partial charge in [-0.3, -0.25) is 4.79 Å². The highest BCUT2D eigenvalue weighted by molar-refractivity contribution is 7.80. The van der Waals surface area contributed by atoms with Crippen molar-refractivity contribution in [1.82, 2.24) is 5.32 Å². The zero-order valence-electron chi connectivity index (χ0n) is 7.23. The van der Waals surface area contributed by atoms with Crippen LogP contribution in [-0.2, 0) is 11.3 Å². The van der Waals surface area contributed by atoms with Crippen LogP contribution in [0.1, 0.15) is 5.56 Å². The van der Waals surface area contributed by atoms with Crippen molar-refractivity contribution in [3.63, 3.8) is 0 Å². The normalized spacial score (nSPS) is 12.4. The summed E-state index contributed by atoms with van der Waals surface area (Å²) < 4.78 is 0. The average Bonchev–Trinajstić information content (AvgIpc) is 2.21. The van der Waals surface area contributed by atoms with E-state index in [4.69, 9.17) is 0 Å². The summed E-state index contributed by atoms with van der Waals surface area (Å²) in [6, 6.07) is 9.64. The van der Waals surface area contributed by atoms with Crippen molar-refractivity contribution >= 4 is 18.9 Å². The molecule has 0 saturated heterocycles. The monoisotopic (exact) mass is 194 g/mol. The fraction of sp³-hybridized carbons (Fsp3) is 0.300. The second kappa shape index (κ2) is 5.78. The molecule has 0 bridgehead atoms. The molecule has 3 heteroatoms. The van der Waals surface area contributed by atoms with Crippen LogP contribution in [0.2, 0.25) is 0 Å². The van der Waals surface area contributed by atoms with E-state index in [1.165, 1.54) is 0 Å². The standard InChI is InChI=1S/C10H12NOS/c12-7-10(8-13)11-6-9-4-2-1-3-5-9/h1-5,10-11,13H,6,8H2/t10-/m1/s1. The molecule has 0 aliphatic rings. The maximum atomic E-state index is 10.3. The summed E-state index contributed by atoms with van der Waals surface area (Å²) in [4.78, 5) is 10.3. The van der Waals surface area contributed by atoms with Crippen LogP contribution in [0.5, 0.6) is 0 Å². The van der Waals surface area contributed by atoms with Crippen LogP contribution in [-0.4, -0.2) is 18.1 Å². The summed E-state index contributed by atoms with van der Waals surface area (Å²) >= 11 is 4.02. The Bertz CT molecular complexity index is 250. The quantitative estimate of drug-likeness (QED) is 0.689. The summed E-state index contributed by atoms with van der Waals surface area (Å²) in [5.41, 5.74) is 1.16. The molecule has 0 aliphatic heterocycles. The van der Waals surface area contributed by atoms with Crippen LogP contribution in [0, 0.1) is 0 Å². The molecule has 1 aromatic rings. The van der Waals surface area contributed by atoms with Crippen LogP contribution in [0.3, 0.4) is 0 Å². The van der Waals surface area contributed by atoms with Gasteiger partial charge >= 0.3 is 0 Å². The summed E-state index contributed by atoms with van der Waals surface area (Å²) in [6.07, 6.45) is 1.88. The molecule has 0 aromatic heterocycles. The van der Waals surface area contributed by atoms with Gasteiger partial charge < -0.3 is 5.32 Å². The highest BCUT2D eigenvalue weighted by atomic mass is 32.1. The summed E-state index contributed by atoms with van der Waals surface area (Å²) in [6.45, 7) is 0.682. The van der Waals surface area contributed by atoms with Gasteiger partial charge in [0.2, 0.25) is 6.29 Å². The molecule has 2 nitrogen and oxygen atoms in total. The number of carbonyl (C=O) groups excluding carboxylic acids is 1. The minimum atomic E-state index is -0.275. The lowest BCUT2D eigenvalue weighted by Gasteiger charge is -2.08. The van der Waals surface area contributed by atoms with Crippen molar-refractivity contribution in [3.8, 4) is 0 Å². The Morgan fingerprint density at radius 1 is 1.38 bits per heavy atom. The molecular weight excluding hydrogens is 182 g/mol. The number of benzene rings is 1. The summed E-state index contributed by atoms with van der Waals surface area (Å²) in [5.74, 6) is 0.482. The lowest BCUT2D eigenvalue weighted by molar-refractivity contribution is 0.526. The smallest absolute Gasteiger partial charge is 0.217 e. The largest absolute Gasteiger partial charge is 0.302 e. The third-order valence-corrected chi connectivity index (χ3v) is 2.09. The minimum absolute atomic E-state index is 0.275. The van der Waals surface area contributed by atoms with E-state index in [2.05, 4.69) is 17.9 Å². The SMILES string of the molecule is O=[C][C@H](CS)NCc1ccccc1. The number of hydrogen-bond acceptors (Lipinski definition) is 3. The van der Waals surface area contributed by atoms with E-state index in [9.17, 15) is 4.79 Å². The Balaban J connectivity index is 2.38. The molecule has 13 heavy (non-hydrogen) atoms. The summed E-state index contributed by atoms with van der Waals surface area (Å²) in [5, 5.41) is 3.04. The van der Waals surface area contributed by atoms with E-state index < -0.39 is 0 Å². The van der Waals surface area contributed by atoms with Crippen LogP contribution < -0.4 is 5.32 Å². The van der Waals surface area contributed by atoms with Crippen molar-refractivity contribution in [2.45, 2.75) is 12.6 Å². The summed E-state index contributed by atoms with van der Waals surface area (Å²) in [7, 11) is 0. The Labute approximate surface area is 83.8 Å². The third-order valence-electron chi connectivity index (χ3n) is 1.72. The first-order chi connectivity index (χ1) is 6.36. The minimum Gasteiger partial charge on any atom is -0.302 e. The number of thiol groups is 1. The first-order valence-corrected chi connectivity index (χ1v) is 4.76. The first kappa shape index (κ1) is 10.3. The van der Waals surface area contributed by atoms with Crippen molar-refractivity contribution in [3.05, 3.63) is 35.9 Å². The molecule has 0 unspecified atom stereocenters. The maximum Gasteiger partial charge on any atom is 0.217 e. The lowest BCUT2D eigenvalue weighted by Crippen LogP contribution is -2.31. The Morgan fingerprint density at radius 3 is 2.62 bits per heavy atom. The van der Waals surface area contributed by atoms with Gasteiger partial charge in [-0.15, -0.1) is 0 Å². The molecule has 1 aromatic carbocycles. The Morgan fingerprint density at radius 2 is 2.08 bits per heavy atom. The third kappa shape index (κ3) is 3.61. The van der Waals surface area contributed by atoms with E-state index in [0.717, 1.165) is 5.56 Å². The van der Waals surface area contributed by atoms with Gasteiger partial charge in [0.1, 0.15) is 0 Å². The van der Waals surface area contributed by atoms with Crippen LogP contribution in [0.15, 0.2) is 30.3 Å². The molecule has 0 fully saturated rings. The van der Waals surface area contributed by atoms with Crippen molar-refractivity contribution in [1.29, 1.82) is 0 Å². The van der Waals surface area contributed by atoms with Gasteiger partial charge in [0, 0.05) is 12.3 Å². The molecule has 0 aliphatic carbocycles. The van der Waals surface area contributed by atoms with Gasteiger partial charge in [-0.25, -0.2) is 0 Å². The van der Waals surface area contributed by atoms with Gasteiger partial charge in [0.15, 0.2) is 0 Å². The molecule has 0 heterocycles. The Kier molecular flexibility index (Phi) is 4.57. The Hall–Kier alpha value is -0.800. The highest BCUT2D eigenvalue weighted by Gasteiger charge is 2.03. The van der Waals surface area contributed by atoms with Crippen LogP contribution in [0.25, 0.3) is 0 Å². The molecule has 1 atom stereocenters. The molecule has 1 radical (unpaired) electrons. The topological polar surface area (TPSA) is 29.1 Å². The van der Waals surface area contributed by atoms with E-state index in [1.807, 2.05) is 36.6 Å². The molecule has 0 saturated carbocycles. The molecular formula is C10H12NOS. The molecule has 0 amide bonds. The zero-order valence-corrected chi connectivity index (χ0v) is 8.13. The van der Waals surface area contributed by atoms with E-state index in [0.29, 0.717) is 12.3 Å². The molecule has 69 valence electrons.